The van der Waals surface area contributed by atoms with Crippen LogP contribution < -0.4 is 4.74 Å². The molecule has 126 valence electrons. The van der Waals surface area contributed by atoms with Gasteiger partial charge in [-0.25, -0.2) is 0 Å². The fraction of sp³-hybridized carbons (Fsp3) is 0.368. The Kier molecular flexibility index (Phi) is 3.18. The van der Waals surface area contributed by atoms with Gasteiger partial charge in [-0.15, -0.1) is 0 Å². The first-order valence-corrected chi connectivity index (χ1v) is 8.15. The van der Waals surface area contributed by atoms with E-state index in [0.29, 0.717) is 28.9 Å². The molecule has 0 fully saturated rings. The average molecular weight is 328 g/mol. The van der Waals surface area contributed by atoms with Crippen LogP contribution in [0.2, 0.25) is 0 Å². The number of methoxy groups -OCH3 is 1. The summed E-state index contributed by atoms with van der Waals surface area (Å²) in [4.78, 5) is 0. The summed E-state index contributed by atoms with van der Waals surface area (Å²) in [6.45, 7) is 2.26. The van der Waals surface area contributed by atoms with Crippen molar-refractivity contribution in [3.8, 4) is 23.0 Å². The first kappa shape index (κ1) is 15.1. The molecule has 2 aromatic carbocycles. The largest absolute Gasteiger partial charge is 0.507 e. The van der Waals surface area contributed by atoms with Crippen LogP contribution in [0.4, 0.5) is 0 Å². The topological polar surface area (TPSA) is 79.2 Å². The summed E-state index contributed by atoms with van der Waals surface area (Å²) in [5.41, 5.74) is 0.452. The molecule has 3 aliphatic carbocycles. The summed E-state index contributed by atoms with van der Waals surface area (Å²) in [5.74, 6) is 0.364. The summed E-state index contributed by atoms with van der Waals surface area (Å²) in [6.07, 6.45) is 5.52. The van der Waals surface area contributed by atoms with Crippen LogP contribution in [0, 0.1) is 0 Å². The van der Waals surface area contributed by atoms with Crippen molar-refractivity contribution in [1.29, 1.82) is 0 Å². The van der Waals surface area contributed by atoms with E-state index in [1.807, 2.05) is 19.1 Å². The Hall–Kier alpha value is -2.40. The van der Waals surface area contributed by atoms with Gasteiger partial charge in [0.1, 0.15) is 28.6 Å². The minimum Gasteiger partial charge on any atom is -0.507 e. The Bertz CT molecular complexity index is 870. The molecule has 0 saturated carbocycles. The minimum absolute atomic E-state index is 0.0177. The molecule has 2 unspecified atom stereocenters. The van der Waals surface area contributed by atoms with E-state index in [0.717, 1.165) is 12.8 Å². The van der Waals surface area contributed by atoms with Crippen LogP contribution >= 0.6 is 0 Å². The lowest BCUT2D eigenvalue weighted by atomic mass is 9.67. The van der Waals surface area contributed by atoms with Crippen molar-refractivity contribution in [1.82, 2.24) is 0 Å². The monoisotopic (exact) mass is 328 g/mol. The smallest absolute Gasteiger partial charge is 0.134 e. The first-order valence-electron chi connectivity index (χ1n) is 8.15. The van der Waals surface area contributed by atoms with Crippen LogP contribution in [0.3, 0.4) is 0 Å². The molecular weight excluding hydrogens is 308 g/mol. The van der Waals surface area contributed by atoms with E-state index in [-0.39, 0.29) is 28.6 Å². The highest BCUT2D eigenvalue weighted by Crippen LogP contribution is 2.59. The van der Waals surface area contributed by atoms with Gasteiger partial charge in [0.2, 0.25) is 0 Å². The van der Waals surface area contributed by atoms with Crippen molar-refractivity contribution in [3.05, 3.63) is 35.4 Å². The van der Waals surface area contributed by atoms with Gasteiger partial charge in [-0.05, 0) is 31.9 Å². The molecule has 5 heteroatoms. The third kappa shape index (κ3) is 1.73. The van der Waals surface area contributed by atoms with Crippen molar-refractivity contribution < 1.29 is 24.8 Å². The van der Waals surface area contributed by atoms with E-state index in [2.05, 4.69) is 0 Å². The van der Waals surface area contributed by atoms with Gasteiger partial charge in [-0.1, -0.05) is 12.2 Å². The fourth-order valence-corrected chi connectivity index (χ4v) is 4.16. The molecular formula is C19H20O5. The second kappa shape index (κ2) is 5.05. The van der Waals surface area contributed by atoms with E-state index in [1.165, 1.54) is 6.07 Å². The van der Waals surface area contributed by atoms with E-state index < -0.39 is 5.60 Å². The zero-order valence-electron chi connectivity index (χ0n) is 13.7. The number of ether oxygens (including phenoxy) is 2. The molecule has 3 aliphatic rings. The Labute approximate surface area is 139 Å². The minimum atomic E-state index is -0.770. The predicted octanol–water partition coefficient (Wildman–Crippen LogP) is 3.64. The van der Waals surface area contributed by atoms with Crippen LogP contribution in [-0.2, 0) is 10.3 Å². The molecule has 5 rings (SSSR count). The molecule has 0 heterocycles. The molecule has 0 saturated heterocycles. The predicted molar refractivity (Wildman–Crippen MR) is 89.9 cm³/mol. The normalized spacial score (nSPS) is 24.3. The average Bonchev–Trinajstić information content (AvgIpc) is 2.61. The third-order valence-corrected chi connectivity index (χ3v) is 5.26. The molecule has 3 N–H and O–H groups in total. The van der Waals surface area contributed by atoms with Crippen molar-refractivity contribution in [2.75, 3.05) is 13.7 Å². The standard InChI is InChI=1S/C19H20O5/c1-3-24-12-5-4-11(20)14-15(12)17(21)13-10-6-8-19(23-2,9-7-10)16(13)18(14)22/h4-6,8,10,20-22H,3,7,9H2,1-2H3. The Morgan fingerprint density at radius 1 is 1.17 bits per heavy atom. The van der Waals surface area contributed by atoms with Gasteiger partial charge in [0.25, 0.3) is 0 Å². The Morgan fingerprint density at radius 3 is 2.58 bits per heavy atom. The highest BCUT2D eigenvalue weighted by atomic mass is 16.5. The second-order valence-electron chi connectivity index (χ2n) is 6.35. The molecule has 2 bridgehead atoms. The van der Waals surface area contributed by atoms with Crippen molar-refractivity contribution in [3.63, 3.8) is 0 Å². The highest BCUT2D eigenvalue weighted by Gasteiger charge is 2.46. The second-order valence-corrected chi connectivity index (χ2v) is 6.35. The van der Waals surface area contributed by atoms with Gasteiger partial charge in [0, 0.05) is 24.2 Å². The third-order valence-electron chi connectivity index (χ3n) is 5.26. The Morgan fingerprint density at radius 2 is 1.96 bits per heavy atom. The summed E-state index contributed by atoms with van der Waals surface area (Å²) >= 11 is 0. The molecule has 0 amide bonds. The van der Waals surface area contributed by atoms with Crippen molar-refractivity contribution in [2.24, 2.45) is 0 Å². The number of rotatable bonds is 3. The zero-order chi connectivity index (χ0) is 17.1. The van der Waals surface area contributed by atoms with Gasteiger partial charge in [-0.3, -0.25) is 0 Å². The maximum Gasteiger partial charge on any atom is 0.134 e. The number of fused-ring (bicyclic) bond motifs is 2. The van der Waals surface area contributed by atoms with E-state index in [1.54, 1.807) is 13.2 Å². The molecule has 0 aromatic heterocycles. The van der Waals surface area contributed by atoms with E-state index in [4.69, 9.17) is 9.47 Å². The van der Waals surface area contributed by atoms with E-state index in [9.17, 15) is 15.3 Å². The lowest BCUT2D eigenvalue weighted by molar-refractivity contribution is 0.00451. The molecule has 0 aliphatic heterocycles. The van der Waals surface area contributed by atoms with Crippen molar-refractivity contribution >= 4 is 10.8 Å². The molecule has 0 radical (unpaired) electrons. The summed E-state index contributed by atoms with van der Waals surface area (Å²) in [5, 5.41) is 32.8. The summed E-state index contributed by atoms with van der Waals surface area (Å²) < 4.78 is 11.3. The molecule has 24 heavy (non-hydrogen) atoms. The molecule has 0 spiro atoms. The lowest BCUT2D eigenvalue weighted by Crippen LogP contribution is -2.36. The van der Waals surface area contributed by atoms with Crippen LogP contribution in [0.15, 0.2) is 24.3 Å². The number of phenolic OH excluding ortho intramolecular Hbond substituents is 3. The van der Waals surface area contributed by atoms with Crippen LogP contribution in [0.25, 0.3) is 10.8 Å². The first-order chi connectivity index (χ1) is 11.5. The maximum absolute atomic E-state index is 11.0. The lowest BCUT2D eigenvalue weighted by Gasteiger charge is -2.43. The number of benzene rings is 2. The summed E-state index contributed by atoms with van der Waals surface area (Å²) in [6, 6.07) is 3.07. The van der Waals surface area contributed by atoms with Crippen LogP contribution in [0.5, 0.6) is 23.0 Å². The van der Waals surface area contributed by atoms with Gasteiger partial charge in [-0.2, -0.15) is 0 Å². The van der Waals surface area contributed by atoms with E-state index >= 15 is 0 Å². The molecule has 5 nitrogen and oxygen atoms in total. The molecule has 2 aromatic rings. The number of hydrogen-bond acceptors (Lipinski definition) is 5. The van der Waals surface area contributed by atoms with Gasteiger partial charge in [0.15, 0.2) is 0 Å². The number of aromatic hydroxyl groups is 3. The van der Waals surface area contributed by atoms with Crippen LogP contribution in [-0.4, -0.2) is 29.0 Å². The molecule has 2 atom stereocenters. The zero-order valence-corrected chi connectivity index (χ0v) is 13.7. The SMILES string of the molecule is CCOc1ccc(O)c2c(O)c3c(c(O)c12)C1C=CC3(OC)CC1. The van der Waals surface area contributed by atoms with Gasteiger partial charge >= 0.3 is 0 Å². The Balaban J connectivity index is 2.17. The summed E-state index contributed by atoms with van der Waals surface area (Å²) in [7, 11) is 1.59. The number of hydrogen-bond donors (Lipinski definition) is 3. The van der Waals surface area contributed by atoms with Crippen molar-refractivity contribution in [2.45, 2.75) is 31.3 Å². The van der Waals surface area contributed by atoms with Gasteiger partial charge < -0.3 is 24.8 Å². The maximum atomic E-state index is 11.0. The highest BCUT2D eigenvalue weighted by molar-refractivity contribution is 6.04. The van der Waals surface area contributed by atoms with Crippen LogP contribution in [0.1, 0.15) is 36.8 Å². The fourth-order valence-electron chi connectivity index (χ4n) is 4.16. The van der Waals surface area contributed by atoms with Gasteiger partial charge in [0.05, 0.1) is 17.4 Å². The number of allylic oxidation sites excluding steroid dienone is 1. The quantitative estimate of drug-likeness (QED) is 0.592. The number of phenols is 3.